The maximum absolute atomic E-state index is 13.3. The number of benzene rings is 1. The van der Waals surface area contributed by atoms with Crippen molar-refractivity contribution in [2.45, 2.75) is 44.9 Å². The van der Waals surface area contributed by atoms with Crippen molar-refractivity contribution < 1.29 is 27.4 Å². The van der Waals surface area contributed by atoms with Crippen LogP contribution in [-0.4, -0.2) is 35.3 Å². The SMILES string of the molecule is COc1cc(-c2cnn3cc(C(C)(C)C#N)ccc23)cc(OC(F)F)c1C(=O)C[C@@H]1C[C@@H]1F. The number of hydrogen-bond donors (Lipinski definition) is 0. The van der Waals surface area contributed by atoms with E-state index in [9.17, 15) is 23.2 Å². The molecule has 33 heavy (non-hydrogen) atoms. The first-order valence-electron chi connectivity index (χ1n) is 10.4. The molecule has 172 valence electrons. The zero-order valence-electron chi connectivity index (χ0n) is 18.3. The first-order valence-corrected chi connectivity index (χ1v) is 10.4. The van der Waals surface area contributed by atoms with Crippen LogP contribution in [0.5, 0.6) is 11.5 Å². The largest absolute Gasteiger partial charge is 0.496 e. The summed E-state index contributed by atoms with van der Waals surface area (Å²) in [5.74, 6) is -1.19. The highest BCUT2D eigenvalue weighted by Crippen LogP contribution is 2.42. The Morgan fingerprint density at radius 3 is 2.64 bits per heavy atom. The first-order chi connectivity index (χ1) is 15.6. The van der Waals surface area contributed by atoms with Gasteiger partial charge in [0.15, 0.2) is 5.78 Å². The van der Waals surface area contributed by atoms with Gasteiger partial charge in [-0.3, -0.25) is 4.79 Å². The smallest absolute Gasteiger partial charge is 0.387 e. The lowest BCUT2D eigenvalue weighted by molar-refractivity contribution is -0.0502. The summed E-state index contributed by atoms with van der Waals surface area (Å²) >= 11 is 0. The van der Waals surface area contributed by atoms with E-state index in [1.807, 2.05) is 0 Å². The average Bonchev–Trinajstić information content (AvgIpc) is 3.30. The van der Waals surface area contributed by atoms with Crippen molar-refractivity contribution >= 4 is 11.3 Å². The third kappa shape index (κ3) is 4.38. The van der Waals surface area contributed by atoms with Crippen molar-refractivity contribution in [2.24, 2.45) is 5.92 Å². The summed E-state index contributed by atoms with van der Waals surface area (Å²) in [4.78, 5) is 12.8. The van der Waals surface area contributed by atoms with Gasteiger partial charge in [0.2, 0.25) is 0 Å². The van der Waals surface area contributed by atoms with Crippen LogP contribution in [0.15, 0.2) is 36.7 Å². The molecule has 0 spiro atoms. The molecule has 4 rings (SSSR count). The number of aromatic nitrogens is 2. The van der Waals surface area contributed by atoms with E-state index < -0.39 is 29.9 Å². The van der Waals surface area contributed by atoms with Gasteiger partial charge in [0, 0.05) is 24.1 Å². The zero-order valence-corrected chi connectivity index (χ0v) is 18.3. The quantitative estimate of drug-likeness (QED) is 0.427. The zero-order chi connectivity index (χ0) is 23.9. The summed E-state index contributed by atoms with van der Waals surface area (Å²) in [6.07, 6.45) is 2.41. The van der Waals surface area contributed by atoms with Crippen LogP contribution in [-0.2, 0) is 5.41 Å². The molecule has 3 aromatic rings. The van der Waals surface area contributed by atoms with Crippen LogP contribution in [0.1, 0.15) is 42.6 Å². The normalized spacial score (nSPS) is 17.8. The van der Waals surface area contributed by atoms with Crippen molar-refractivity contribution in [3.8, 4) is 28.7 Å². The molecule has 1 aromatic carbocycles. The number of methoxy groups -OCH3 is 1. The number of carbonyl (C=O) groups excluding carboxylic acids is 1. The molecule has 1 aliphatic rings. The number of halogens is 3. The fourth-order valence-electron chi connectivity index (χ4n) is 3.77. The van der Waals surface area contributed by atoms with Gasteiger partial charge in [-0.05, 0) is 49.6 Å². The highest BCUT2D eigenvalue weighted by molar-refractivity contribution is 6.03. The monoisotopic (exact) mass is 457 g/mol. The topological polar surface area (TPSA) is 76.6 Å². The summed E-state index contributed by atoms with van der Waals surface area (Å²) in [6, 6.07) is 8.71. The fourth-order valence-corrected chi connectivity index (χ4v) is 3.77. The van der Waals surface area contributed by atoms with Gasteiger partial charge in [0.25, 0.3) is 0 Å². The van der Waals surface area contributed by atoms with Gasteiger partial charge < -0.3 is 9.47 Å². The predicted octanol–water partition coefficient (Wildman–Crippen LogP) is 5.34. The Hall–Kier alpha value is -3.54. The Morgan fingerprint density at radius 1 is 1.33 bits per heavy atom. The van der Waals surface area contributed by atoms with Crippen LogP contribution >= 0.6 is 0 Å². The summed E-state index contributed by atoms with van der Waals surface area (Å²) in [5.41, 5.74) is 1.63. The molecule has 0 N–H and O–H groups in total. The summed E-state index contributed by atoms with van der Waals surface area (Å²) in [7, 11) is 1.32. The maximum Gasteiger partial charge on any atom is 0.387 e. The average molecular weight is 457 g/mol. The number of fused-ring (bicyclic) bond motifs is 1. The van der Waals surface area contributed by atoms with Gasteiger partial charge >= 0.3 is 6.61 Å². The minimum atomic E-state index is -3.16. The molecule has 1 saturated carbocycles. The molecule has 0 aliphatic heterocycles. The van der Waals surface area contributed by atoms with Gasteiger partial charge in [-0.1, -0.05) is 6.07 Å². The van der Waals surface area contributed by atoms with E-state index in [0.29, 0.717) is 16.6 Å². The van der Waals surface area contributed by atoms with E-state index in [4.69, 9.17) is 4.74 Å². The summed E-state index contributed by atoms with van der Waals surface area (Å²) in [6.45, 7) is 0.422. The highest BCUT2D eigenvalue weighted by Gasteiger charge is 2.40. The number of nitrogens with zero attached hydrogens (tertiary/aromatic N) is 3. The van der Waals surface area contributed by atoms with Gasteiger partial charge in [-0.2, -0.15) is 19.1 Å². The molecule has 2 atom stereocenters. The first kappa shape index (κ1) is 22.6. The Labute approximate surface area is 188 Å². The maximum atomic E-state index is 13.3. The van der Waals surface area contributed by atoms with E-state index >= 15 is 0 Å². The van der Waals surface area contributed by atoms with E-state index in [1.54, 1.807) is 49.0 Å². The Bertz CT molecular complexity index is 1260. The number of carbonyl (C=O) groups is 1. The molecule has 0 bridgehead atoms. The Morgan fingerprint density at radius 2 is 2.03 bits per heavy atom. The van der Waals surface area contributed by atoms with Crippen LogP contribution in [0.2, 0.25) is 0 Å². The Balaban J connectivity index is 1.80. The number of ketones is 1. The van der Waals surface area contributed by atoms with E-state index in [2.05, 4.69) is 15.9 Å². The van der Waals surface area contributed by atoms with Gasteiger partial charge in [0.05, 0.1) is 30.3 Å². The molecule has 0 radical (unpaired) electrons. The summed E-state index contributed by atoms with van der Waals surface area (Å²) < 4.78 is 51.3. The Kier molecular flexibility index (Phi) is 5.78. The van der Waals surface area contributed by atoms with Crippen molar-refractivity contribution in [1.82, 2.24) is 9.61 Å². The van der Waals surface area contributed by atoms with Gasteiger partial charge in [0.1, 0.15) is 23.2 Å². The number of hydrogen-bond acceptors (Lipinski definition) is 5. The fraction of sp³-hybridized carbons (Fsp3) is 0.375. The van der Waals surface area contributed by atoms with Crippen molar-refractivity contribution in [1.29, 1.82) is 5.26 Å². The predicted molar refractivity (Wildman–Crippen MR) is 114 cm³/mol. The number of nitriles is 1. The number of ether oxygens (including phenoxy) is 2. The molecule has 6 nitrogen and oxygen atoms in total. The molecule has 1 fully saturated rings. The summed E-state index contributed by atoms with van der Waals surface area (Å²) in [5, 5.41) is 13.7. The van der Waals surface area contributed by atoms with Crippen molar-refractivity contribution in [3.05, 3.63) is 47.8 Å². The van der Waals surface area contributed by atoms with Crippen LogP contribution in [0, 0.1) is 17.2 Å². The number of pyridine rings is 1. The molecule has 9 heteroatoms. The number of alkyl halides is 3. The molecule has 0 amide bonds. The van der Waals surface area contributed by atoms with E-state index in [-0.39, 0.29) is 29.9 Å². The lowest BCUT2D eigenvalue weighted by Crippen LogP contribution is -2.14. The molecule has 0 saturated heterocycles. The molecular formula is C24H22F3N3O3. The standard InChI is InChI=1S/C24H22F3N3O3/c1-24(2,12-28)15-4-5-18-16(10-29-30(18)11-15)13-8-20(32-3)22(21(9-13)33-23(26)27)19(31)7-14-6-17(14)25/h4-5,8-11,14,17,23H,6-7H2,1-3H3/t14-,17-/m0/s1. The molecule has 2 heterocycles. The van der Waals surface area contributed by atoms with Crippen molar-refractivity contribution in [2.75, 3.05) is 7.11 Å². The third-order valence-corrected chi connectivity index (χ3v) is 5.89. The van der Waals surface area contributed by atoms with Gasteiger partial charge in [-0.15, -0.1) is 0 Å². The number of Topliss-reactive ketones (excluding diaryl/α,β-unsaturated/α-hetero) is 1. The number of rotatable bonds is 8. The molecular weight excluding hydrogens is 435 g/mol. The minimum absolute atomic E-state index is 0.0609. The second-order valence-corrected chi connectivity index (χ2v) is 8.61. The molecule has 1 aliphatic carbocycles. The second kappa shape index (κ2) is 8.43. The minimum Gasteiger partial charge on any atom is -0.496 e. The third-order valence-electron chi connectivity index (χ3n) is 5.89. The van der Waals surface area contributed by atoms with Crippen LogP contribution in [0.25, 0.3) is 16.6 Å². The van der Waals surface area contributed by atoms with Crippen LogP contribution in [0.3, 0.4) is 0 Å². The van der Waals surface area contributed by atoms with Gasteiger partial charge in [-0.25, -0.2) is 8.91 Å². The molecule has 0 unspecified atom stereocenters. The van der Waals surface area contributed by atoms with E-state index in [0.717, 1.165) is 5.56 Å². The van der Waals surface area contributed by atoms with Crippen molar-refractivity contribution in [3.63, 3.8) is 0 Å². The van der Waals surface area contributed by atoms with Crippen LogP contribution < -0.4 is 9.47 Å². The highest BCUT2D eigenvalue weighted by atomic mass is 19.3. The second-order valence-electron chi connectivity index (χ2n) is 8.61. The lowest BCUT2D eigenvalue weighted by Gasteiger charge is -2.16. The van der Waals surface area contributed by atoms with Crippen LogP contribution in [0.4, 0.5) is 13.2 Å². The molecule has 2 aromatic heterocycles. The lowest BCUT2D eigenvalue weighted by atomic mass is 9.87. The van der Waals surface area contributed by atoms with E-state index in [1.165, 1.54) is 13.2 Å².